The van der Waals surface area contributed by atoms with Gasteiger partial charge in [-0.05, 0) is 43.0 Å². The summed E-state index contributed by atoms with van der Waals surface area (Å²) >= 11 is 0. The van der Waals surface area contributed by atoms with Crippen LogP contribution in [0.2, 0.25) is 0 Å². The number of aryl methyl sites for hydroxylation is 1. The molecule has 0 aliphatic carbocycles. The van der Waals surface area contributed by atoms with Crippen molar-refractivity contribution in [2.45, 2.75) is 45.7 Å². The van der Waals surface area contributed by atoms with E-state index < -0.39 is 0 Å². The van der Waals surface area contributed by atoms with Crippen LogP contribution in [-0.2, 0) is 22.6 Å². The number of aromatic nitrogens is 1. The Kier molecular flexibility index (Phi) is 5.66. The van der Waals surface area contributed by atoms with Crippen molar-refractivity contribution >= 4 is 11.8 Å². The van der Waals surface area contributed by atoms with Crippen molar-refractivity contribution in [2.24, 2.45) is 0 Å². The second-order valence-electron chi connectivity index (χ2n) is 6.81. The van der Waals surface area contributed by atoms with Gasteiger partial charge in [-0.3, -0.25) is 14.6 Å². The molecule has 2 heterocycles. The highest BCUT2D eigenvalue weighted by atomic mass is 16.2. The third-order valence-corrected chi connectivity index (χ3v) is 4.86. The number of benzene rings is 1. The molecule has 1 aromatic carbocycles. The van der Waals surface area contributed by atoms with Crippen molar-refractivity contribution in [3.05, 3.63) is 65.0 Å². The Balaban J connectivity index is 1.73. The number of hydrogen-bond acceptors (Lipinski definition) is 3. The molecule has 1 aliphatic rings. The van der Waals surface area contributed by atoms with E-state index in [9.17, 15) is 9.59 Å². The Hall–Kier alpha value is -2.69. The lowest BCUT2D eigenvalue weighted by molar-refractivity contribution is -0.131. The van der Waals surface area contributed by atoms with E-state index in [-0.39, 0.29) is 17.9 Å². The number of rotatable bonds is 5. The molecular weight excluding hydrogens is 326 g/mol. The van der Waals surface area contributed by atoms with Crippen molar-refractivity contribution in [2.75, 3.05) is 6.54 Å². The van der Waals surface area contributed by atoms with Gasteiger partial charge >= 0.3 is 0 Å². The molecule has 1 fully saturated rings. The third-order valence-electron chi connectivity index (χ3n) is 4.86. The van der Waals surface area contributed by atoms with Crippen molar-refractivity contribution < 1.29 is 9.59 Å². The summed E-state index contributed by atoms with van der Waals surface area (Å²) in [7, 11) is 0. The van der Waals surface area contributed by atoms with Gasteiger partial charge in [-0.25, -0.2) is 0 Å². The Morgan fingerprint density at radius 2 is 2.00 bits per heavy atom. The van der Waals surface area contributed by atoms with Crippen LogP contribution in [0.1, 0.15) is 48.3 Å². The van der Waals surface area contributed by atoms with E-state index in [4.69, 9.17) is 0 Å². The molecule has 3 rings (SSSR count). The highest BCUT2D eigenvalue weighted by molar-refractivity contribution is 5.80. The van der Waals surface area contributed by atoms with Gasteiger partial charge in [0, 0.05) is 13.5 Å². The smallest absolute Gasteiger partial charge is 0.227 e. The summed E-state index contributed by atoms with van der Waals surface area (Å²) in [6, 6.07) is 13.9. The van der Waals surface area contributed by atoms with E-state index >= 15 is 0 Å². The molecule has 0 unspecified atom stereocenters. The average molecular weight is 351 g/mol. The van der Waals surface area contributed by atoms with E-state index in [0.717, 1.165) is 41.9 Å². The first-order valence-corrected chi connectivity index (χ1v) is 9.09. The SMILES string of the molecule is CC(=O)NCc1cccc([C@H]2CCCN2C(=O)Cc2ccccc2C)n1. The first kappa shape index (κ1) is 18.1. The molecule has 1 N–H and O–H groups in total. The van der Waals surface area contributed by atoms with Crippen molar-refractivity contribution in [1.29, 1.82) is 0 Å². The van der Waals surface area contributed by atoms with Crippen molar-refractivity contribution in [1.82, 2.24) is 15.2 Å². The largest absolute Gasteiger partial charge is 0.351 e. The minimum Gasteiger partial charge on any atom is -0.351 e. The van der Waals surface area contributed by atoms with Gasteiger partial charge in [0.15, 0.2) is 0 Å². The van der Waals surface area contributed by atoms with E-state index in [1.165, 1.54) is 6.92 Å². The van der Waals surface area contributed by atoms with Gasteiger partial charge in [-0.2, -0.15) is 0 Å². The number of carbonyl (C=O) groups excluding carboxylic acids is 2. The maximum absolute atomic E-state index is 12.9. The van der Waals surface area contributed by atoms with Gasteiger partial charge in [0.1, 0.15) is 0 Å². The second kappa shape index (κ2) is 8.13. The lowest BCUT2D eigenvalue weighted by atomic mass is 10.0. The van der Waals surface area contributed by atoms with Crippen LogP contribution < -0.4 is 5.32 Å². The summed E-state index contributed by atoms with van der Waals surface area (Å²) in [6.07, 6.45) is 2.34. The van der Waals surface area contributed by atoms with Crippen LogP contribution in [0, 0.1) is 6.92 Å². The van der Waals surface area contributed by atoms with Crippen LogP contribution in [-0.4, -0.2) is 28.2 Å². The van der Waals surface area contributed by atoms with E-state index in [1.54, 1.807) is 0 Å². The van der Waals surface area contributed by atoms with Gasteiger partial charge in [0.05, 0.1) is 30.4 Å². The normalized spacial score (nSPS) is 16.5. The molecule has 5 heteroatoms. The molecule has 1 aromatic heterocycles. The minimum atomic E-state index is -0.0758. The number of pyridine rings is 1. The fourth-order valence-corrected chi connectivity index (χ4v) is 3.44. The average Bonchev–Trinajstić information content (AvgIpc) is 3.12. The van der Waals surface area contributed by atoms with Crippen molar-refractivity contribution in [3.8, 4) is 0 Å². The Morgan fingerprint density at radius 1 is 1.19 bits per heavy atom. The molecule has 26 heavy (non-hydrogen) atoms. The van der Waals surface area contributed by atoms with Gasteiger partial charge < -0.3 is 10.2 Å². The topological polar surface area (TPSA) is 62.3 Å². The second-order valence-corrected chi connectivity index (χ2v) is 6.81. The summed E-state index contributed by atoms with van der Waals surface area (Å²) < 4.78 is 0. The molecular formula is C21H25N3O2. The number of amides is 2. The van der Waals surface area contributed by atoms with Crippen LogP contribution >= 0.6 is 0 Å². The molecule has 2 aromatic rings. The van der Waals surface area contributed by atoms with E-state index in [2.05, 4.69) is 10.3 Å². The molecule has 0 bridgehead atoms. The highest BCUT2D eigenvalue weighted by Gasteiger charge is 2.31. The third kappa shape index (κ3) is 4.28. The standard InChI is InChI=1S/C21H25N3O2/c1-15-7-3-4-8-17(15)13-21(26)24-12-6-11-20(24)19-10-5-9-18(23-19)14-22-16(2)25/h3-5,7-10,20H,6,11-14H2,1-2H3,(H,22,25)/t20-/m1/s1. The molecule has 0 saturated carbocycles. The lowest BCUT2D eigenvalue weighted by Crippen LogP contribution is -2.32. The summed E-state index contributed by atoms with van der Waals surface area (Å²) in [6.45, 7) is 4.71. The molecule has 0 radical (unpaired) electrons. The van der Waals surface area contributed by atoms with Gasteiger partial charge in [-0.15, -0.1) is 0 Å². The maximum Gasteiger partial charge on any atom is 0.227 e. The number of carbonyl (C=O) groups is 2. The molecule has 1 saturated heterocycles. The molecule has 136 valence electrons. The zero-order valence-electron chi connectivity index (χ0n) is 15.4. The Morgan fingerprint density at radius 3 is 2.77 bits per heavy atom. The minimum absolute atomic E-state index is 0.0174. The molecule has 5 nitrogen and oxygen atoms in total. The maximum atomic E-state index is 12.9. The monoisotopic (exact) mass is 351 g/mol. The summed E-state index contributed by atoms with van der Waals surface area (Å²) in [5.41, 5.74) is 3.95. The summed E-state index contributed by atoms with van der Waals surface area (Å²) in [5, 5.41) is 2.77. The van der Waals surface area contributed by atoms with Gasteiger partial charge in [0.2, 0.25) is 11.8 Å². The zero-order chi connectivity index (χ0) is 18.5. The number of likely N-dealkylation sites (tertiary alicyclic amines) is 1. The number of nitrogens with zero attached hydrogens (tertiary/aromatic N) is 2. The first-order valence-electron chi connectivity index (χ1n) is 9.09. The highest BCUT2D eigenvalue weighted by Crippen LogP contribution is 2.31. The van der Waals surface area contributed by atoms with Crippen LogP contribution in [0.25, 0.3) is 0 Å². The van der Waals surface area contributed by atoms with Gasteiger partial charge in [-0.1, -0.05) is 30.3 Å². The predicted molar refractivity (Wildman–Crippen MR) is 100 cm³/mol. The Bertz CT molecular complexity index is 803. The van der Waals surface area contributed by atoms with E-state index in [0.29, 0.717) is 13.0 Å². The van der Waals surface area contributed by atoms with Crippen LogP contribution in [0.3, 0.4) is 0 Å². The molecule has 2 amide bonds. The van der Waals surface area contributed by atoms with Crippen LogP contribution in [0.15, 0.2) is 42.5 Å². The summed E-state index contributed by atoms with van der Waals surface area (Å²) in [5.74, 6) is 0.0731. The van der Waals surface area contributed by atoms with Crippen molar-refractivity contribution in [3.63, 3.8) is 0 Å². The fraction of sp³-hybridized carbons (Fsp3) is 0.381. The quantitative estimate of drug-likeness (QED) is 0.901. The Labute approximate surface area is 154 Å². The van der Waals surface area contributed by atoms with Crippen LogP contribution in [0.4, 0.5) is 0 Å². The lowest BCUT2D eigenvalue weighted by Gasteiger charge is -2.25. The fourth-order valence-electron chi connectivity index (χ4n) is 3.44. The zero-order valence-corrected chi connectivity index (χ0v) is 15.4. The number of nitrogens with one attached hydrogen (secondary N) is 1. The molecule has 0 spiro atoms. The number of hydrogen-bond donors (Lipinski definition) is 1. The van der Waals surface area contributed by atoms with Gasteiger partial charge in [0.25, 0.3) is 0 Å². The predicted octanol–water partition coefficient (Wildman–Crippen LogP) is 2.93. The first-order chi connectivity index (χ1) is 12.5. The molecule has 1 atom stereocenters. The van der Waals surface area contributed by atoms with Crippen LogP contribution in [0.5, 0.6) is 0 Å². The van der Waals surface area contributed by atoms with E-state index in [1.807, 2.05) is 54.3 Å². The summed E-state index contributed by atoms with van der Waals surface area (Å²) in [4.78, 5) is 30.6. The molecule has 1 aliphatic heterocycles.